The molecule has 1 aliphatic rings. The Bertz CT molecular complexity index is 995. The highest BCUT2D eigenvalue weighted by atomic mass is 35.5. The average molecular weight is 428 g/mol. The van der Waals surface area contributed by atoms with E-state index in [9.17, 15) is 9.59 Å². The summed E-state index contributed by atoms with van der Waals surface area (Å²) in [4.78, 5) is 25.6. The highest BCUT2D eigenvalue weighted by Crippen LogP contribution is 2.34. The molecule has 0 aliphatic carbocycles. The molecule has 0 bridgehead atoms. The number of amides is 2. The van der Waals surface area contributed by atoms with Gasteiger partial charge in [0.25, 0.3) is 11.1 Å². The molecule has 1 fully saturated rings. The van der Waals surface area contributed by atoms with Crippen molar-refractivity contribution in [3.05, 3.63) is 63.5 Å². The molecule has 0 spiro atoms. The zero-order valence-corrected chi connectivity index (χ0v) is 17.3. The molecule has 0 atom stereocenters. The summed E-state index contributed by atoms with van der Waals surface area (Å²) in [6.45, 7) is 2.66. The first-order valence-corrected chi connectivity index (χ1v) is 10.0. The van der Waals surface area contributed by atoms with E-state index in [0.29, 0.717) is 34.6 Å². The molecule has 0 N–H and O–H groups in total. The lowest BCUT2D eigenvalue weighted by molar-refractivity contribution is -0.122. The van der Waals surface area contributed by atoms with Crippen LogP contribution in [0.5, 0.6) is 11.5 Å². The van der Waals surface area contributed by atoms with Crippen LogP contribution in [0.2, 0.25) is 5.02 Å². The van der Waals surface area contributed by atoms with Gasteiger partial charge in [-0.15, -0.1) is 6.42 Å². The third kappa shape index (κ3) is 5.14. The summed E-state index contributed by atoms with van der Waals surface area (Å²) in [7, 11) is 0. The fourth-order valence-corrected chi connectivity index (χ4v) is 3.59. The van der Waals surface area contributed by atoms with Crippen molar-refractivity contribution >= 4 is 40.6 Å². The van der Waals surface area contributed by atoms with E-state index in [2.05, 4.69) is 5.92 Å². The Morgan fingerprint density at radius 3 is 2.59 bits per heavy atom. The van der Waals surface area contributed by atoms with Gasteiger partial charge < -0.3 is 9.47 Å². The standard InChI is InChI=1S/C22H18ClNO4S/c1-3-11-24-21(25)20(29-22(24)26)13-16-7-10-18(19(12-16)27-4-2)28-14-15-5-8-17(23)9-6-15/h1,5-10,12-13H,4,11,14H2,2H3/b20-13-. The van der Waals surface area contributed by atoms with Crippen LogP contribution in [0.25, 0.3) is 6.08 Å². The van der Waals surface area contributed by atoms with Crippen molar-refractivity contribution < 1.29 is 19.1 Å². The normalized spacial score (nSPS) is 14.9. The first-order chi connectivity index (χ1) is 14.0. The number of carbonyl (C=O) groups excluding carboxylic acids is 2. The number of terminal acetylenes is 1. The van der Waals surface area contributed by atoms with Crippen molar-refractivity contribution in [2.75, 3.05) is 13.2 Å². The summed E-state index contributed by atoms with van der Waals surface area (Å²) in [5.74, 6) is 3.07. The molecule has 0 aromatic heterocycles. The van der Waals surface area contributed by atoms with Gasteiger partial charge in [0.1, 0.15) is 6.61 Å². The number of benzene rings is 2. The van der Waals surface area contributed by atoms with Crippen molar-refractivity contribution in [3.8, 4) is 23.8 Å². The quantitative estimate of drug-likeness (QED) is 0.460. The fourth-order valence-electron chi connectivity index (χ4n) is 2.62. The average Bonchev–Trinajstić information content (AvgIpc) is 2.97. The van der Waals surface area contributed by atoms with Crippen molar-refractivity contribution in [1.29, 1.82) is 0 Å². The second-order valence-corrected chi connectivity index (χ2v) is 7.46. The molecule has 5 nitrogen and oxygen atoms in total. The van der Waals surface area contributed by atoms with Gasteiger partial charge in [0.2, 0.25) is 0 Å². The zero-order valence-electron chi connectivity index (χ0n) is 15.7. The van der Waals surface area contributed by atoms with Crippen LogP contribution in [0, 0.1) is 12.3 Å². The molecule has 0 saturated carbocycles. The molecule has 148 valence electrons. The molecule has 0 radical (unpaired) electrons. The van der Waals surface area contributed by atoms with Crippen LogP contribution in [0.15, 0.2) is 47.4 Å². The lowest BCUT2D eigenvalue weighted by Gasteiger charge is -2.13. The van der Waals surface area contributed by atoms with Crippen molar-refractivity contribution in [3.63, 3.8) is 0 Å². The minimum absolute atomic E-state index is 0.0380. The summed E-state index contributed by atoms with van der Waals surface area (Å²) < 4.78 is 11.6. The molecule has 7 heteroatoms. The molecular weight excluding hydrogens is 410 g/mol. The summed E-state index contributed by atoms with van der Waals surface area (Å²) in [6, 6.07) is 12.7. The summed E-state index contributed by atoms with van der Waals surface area (Å²) in [5, 5.41) is 0.298. The molecular formula is C22H18ClNO4S. The monoisotopic (exact) mass is 427 g/mol. The number of ether oxygens (including phenoxy) is 2. The van der Waals surface area contributed by atoms with E-state index in [1.54, 1.807) is 36.4 Å². The highest BCUT2D eigenvalue weighted by molar-refractivity contribution is 8.18. The largest absolute Gasteiger partial charge is 0.490 e. The number of carbonyl (C=O) groups is 2. The second-order valence-electron chi connectivity index (χ2n) is 6.03. The maximum absolute atomic E-state index is 12.3. The Morgan fingerprint density at radius 2 is 1.90 bits per heavy atom. The molecule has 2 aromatic rings. The van der Waals surface area contributed by atoms with Gasteiger partial charge in [-0.3, -0.25) is 14.5 Å². The minimum Gasteiger partial charge on any atom is -0.490 e. The Balaban J connectivity index is 1.79. The number of hydrogen-bond acceptors (Lipinski definition) is 5. The topological polar surface area (TPSA) is 55.8 Å². The number of imide groups is 1. The van der Waals surface area contributed by atoms with Crippen molar-refractivity contribution in [2.45, 2.75) is 13.5 Å². The predicted molar refractivity (Wildman–Crippen MR) is 115 cm³/mol. The molecule has 1 aliphatic heterocycles. The van der Waals surface area contributed by atoms with E-state index >= 15 is 0 Å². The maximum atomic E-state index is 12.3. The Hall–Kier alpha value is -2.88. The Labute approximate surface area is 178 Å². The number of rotatable bonds is 7. The predicted octanol–water partition coefficient (Wildman–Crippen LogP) is 4.99. The third-order valence-corrected chi connectivity index (χ3v) is 5.16. The number of hydrogen-bond donors (Lipinski definition) is 0. The van der Waals surface area contributed by atoms with Crippen molar-refractivity contribution in [1.82, 2.24) is 4.90 Å². The molecule has 2 aromatic carbocycles. The number of thioether (sulfide) groups is 1. The van der Waals surface area contributed by atoms with E-state index in [0.717, 1.165) is 27.8 Å². The summed E-state index contributed by atoms with van der Waals surface area (Å²) in [6.07, 6.45) is 6.86. The van der Waals surface area contributed by atoms with Gasteiger partial charge in [-0.1, -0.05) is 35.7 Å². The van der Waals surface area contributed by atoms with E-state index in [-0.39, 0.29) is 17.7 Å². The van der Waals surface area contributed by atoms with Crippen LogP contribution >= 0.6 is 23.4 Å². The molecule has 1 heterocycles. The fraction of sp³-hybridized carbons (Fsp3) is 0.182. The summed E-state index contributed by atoms with van der Waals surface area (Å²) in [5.41, 5.74) is 1.70. The second kappa shape index (κ2) is 9.55. The SMILES string of the molecule is C#CCN1C(=O)S/C(=C\c2ccc(OCc3ccc(Cl)cc3)c(OCC)c2)C1=O. The molecule has 0 unspecified atom stereocenters. The summed E-state index contributed by atoms with van der Waals surface area (Å²) >= 11 is 6.77. The van der Waals surface area contributed by atoms with Gasteiger partial charge in [-0.25, -0.2) is 0 Å². The van der Waals surface area contributed by atoms with Crippen molar-refractivity contribution in [2.24, 2.45) is 0 Å². The molecule has 3 rings (SSSR count). The van der Waals surface area contributed by atoms with Gasteiger partial charge in [0.05, 0.1) is 18.1 Å². The minimum atomic E-state index is -0.390. The number of halogens is 1. The maximum Gasteiger partial charge on any atom is 0.294 e. The van der Waals surface area contributed by atoms with E-state index in [1.165, 1.54) is 0 Å². The highest BCUT2D eigenvalue weighted by Gasteiger charge is 2.34. The van der Waals surface area contributed by atoms with Crippen LogP contribution in [0.3, 0.4) is 0 Å². The van der Waals surface area contributed by atoms with Crippen LogP contribution < -0.4 is 9.47 Å². The molecule has 1 saturated heterocycles. The van der Waals surface area contributed by atoms with Gasteiger partial charge in [0, 0.05) is 5.02 Å². The zero-order chi connectivity index (χ0) is 20.8. The first-order valence-electron chi connectivity index (χ1n) is 8.84. The van der Waals surface area contributed by atoms with E-state index in [1.807, 2.05) is 19.1 Å². The van der Waals surface area contributed by atoms with Gasteiger partial charge in [-0.2, -0.15) is 0 Å². The molecule has 29 heavy (non-hydrogen) atoms. The number of nitrogens with zero attached hydrogens (tertiary/aromatic N) is 1. The van der Waals surface area contributed by atoms with Crippen LogP contribution in [-0.4, -0.2) is 29.2 Å². The molecule has 2 amide bonds. The van der Waals surface area contributed by atoms with Crippen LogP contribution in [-0.2, 0) is 11.4 Å². The van der Waals surface area contributed by atoms with Gasteiger partial charge in [0.15, 0.2) is 11.5 Å². The lowest BCUT2D eigenvalue weighted by atomic mass is 10.1. The van der Waals surface area contributed by atoms with Crippen LogP contribution in [0.4, 0.5) is 4.79 Å². The Morgan fingerprint density at radius 1 is 1.14 bits per heavy atom. The van der Waals surface area contributed by atoms with E-state index < -0.39 is 0 Å². The smallest absolute Gasteiger partial charge is 0.294 e. The van der Waals surface area contributed by atoms with Gasteiger partial charge >= 0.3 is 0 Å². The van der Waals surface area contributed by atoms with Crippen LogP contribution in [0.1, 0.15) is 18.1 Å². The third-order valence-electron chi connectivity index (χ3n) is 4.00. The van der Waals surface area contributed by atoms with Gasteiger partial charge in [-0.05, 0) is 60.2 Å². The van der Waals surface area contributed by atoms with E-state index in [4.69, 9.17) is 27.5 Å². The first kappa shape index (κ1) is 20.8. The Kier molecular flexibility index (Phi) is 6.86. The lowest BCUT2D eigenvalue weighted by Crippen LogP contribution is -2.28.